The van der Waals surface area contributed by atoms with E-state index in [2.05, 4.69) is 15.6 Å². The van der Waals surface area contributed by atoms with E-state index in [0.717, 1.165) is 10.8 Å². The summed E-state index contributed by atoms with van der Waals surface area (Å²) in [6.45, 7) is 0. The van der Waals surface area contributed by atoms with Crippen molar-refractivity contribution < 1.29 is 14.3 Å². The number of nitrogens with one attached hydrogen (secondary N) is 2. The Hall–Kier alpha value is -4.39. The van der Waals surface area contributed by atoms with Gasteiger partial charge < -0.3 is 21.1 Å². The maximum atomic E-state index is 12.9. The van der Waals surface area contributed by atoms with Crippen molar-refractivity contribution in [2.24, 2.45) is 0 Å². The lowest BCUT2D eigenvalue weighted by molar-refractivity contribution is 0.0600. The van der Waals surface area contributed by atoms with Crippen molar-refractivity contribution in [1.29, 1.82) is 0 Å². The molecule has 0 bridgehead atoms. The SMILES string of the molecule is COC(=O)c1cc(NC(=O)c2ccc3ccccc3c2)cc(Nc2ncccc2N)c1. The summed E-state index contributed by atoms with van der Waals surface area (Å²) in [6, 6.07) is 21.6. The Labute approximate surface area is 178 Å². The van der Waals surface area contributed by atoms with Crippen LogP contribution in [-0.4, -0.2) is 24.0 Å². The average Bonchev–Trinajstić information content (AvgIpc) is 2.79. The number of carbonyl (C=O) groups excluding carboxylic acids is 2. The van der Waals surface area contributed by atoms with Gasteiger partial charge in [0.2, 0.25) is 0 Å². The number of ether oxygens (including phenoxy) is 1. The molecule has 0 saturated heterocycles. The van der Waals surface area contributed by atoms with Gasteiger partial charge in [-0.25, -0.2) is 9.78 Å². The van der Waals surface area contributed by atoms with Crippen molar-refractivity contribution in [2.75, 3.05) is 23.5 Å². The molecular formula is C24H20N4O3. The van der Waals surface area contributed by atoms with Gasteiger partial charge in [-0.2, -0.15) is 0 Å². The molecule has 31 heavy (non-hydrogen) atoms. The minimum Gasteiger partial charge on any atom is -0.465 e. The van der Waals surface area contributed by atoms with Crippen molar-refractivity contribution in [1.82, 2.24) is 4.98 Å². The largest absolute Gasteiger partial charge is 0.465 e. The Balaban J connectivity index is 1.65. The number of benzene rings is 3. The number of aromatic nitrogens is 1. The number of rotatable bonds is 5. The third-order valence-electron chi connectivity index (χ3n) is 4.73. The van der Waals surface area contributed by atoms with Crippen LogP contribution >= 0.6 is 0 Å². The number of methoxy groups -OCH3 is 1. The first-order valence-corrected chi connectivity index (χ1v) is 9.54. The normalized spacial score (nSPS) is 10.5. The number of carbonyl (C=O) groups is 2. The molecule has 0 spiro atoms. The second kappa shape index (κ2) is 8.54. The fraction of sp³-hybridized carbons (Fsp3) is 0.0417. The Kier molecular flexibility index (Phi) is 5.49. The molecule has 1 aromatic heterocycles. The summed E-state index contributed by atoms with van der Waals surface area (Å²) in [5.41, 5.74) is 8.14. The van der Waals surface area contributed by atoms with Crippen LogP contribution < -0.4 is 16.4 Å². The zero-order valence-electron chi connectivity index (χ0n) is 16.8. The summed E-state index contributed by atoms with van der Waals surface area (Å²) in [5.74, 6) is -0.383. The first-order chi connectivity index (χ1) is 15.0. The highest BCUT2D eigenvalue weighted by molar-refractivity contribution is 6.07. The summed E-state index contributed by atoms with van der Waals surface area (Å²) in [4.78, 5) is 29.2. The lowest BCUT2D eigenvalue weighted by Gasteiger charge is -2.13. The van der Waals surface area contributed by atoms with Crippen molar-refractivity contribution in [2.45, 2.75) is 0 Å². The van der Waals surface area contributed by atoms with Gasteiger partial charge in [0.25, 0.3) is 5.91 Å². The third kappa shape index (κ3) is 4.45. The topological polar surface area (TPSA) is 106 Å². The van der Waals surface area contributed by atoms with Gasteiger partial charge in [-0.1, -0.05) is 30.3 Å². The quantitative estimate of drug-likeness (QED) is 0.414. The fourth-order valence-corrected chi connectivity index (χ4v) is 3.20. The van der Waals surface area contributed by atoms with Gasteiger partial charge in [0.15, 0.2) is 5.82 Å². The van der Waals surface area contributed by atoms with Crippen molar-refractivity contribution in [3.8, 4) is 0 Å². The van der Waals surface area contributed by atoms with Crippen LogP contribution in [0.15, 0.2) is 79.0 Å². The molecule has 1 heterocycles. The molecule has 0 aliphatic heterocycles. The minimum absolute atomic E-state index is 0.274. The lowest BCUT2D eigenvalue weighted by atomic mass is 10.1. The number of amides is 1. The summed E-state index contributed by atoms with van der Waals surface area (Å²) in [5, 5.41) is 7.93. The van der Waals surface area contributed by atoms with Crippen LogP contribution in [0.25, 0.3) is 10.8 Å². The fourth-order valence-electron chi connectivity index (χ4n) is 3.20. The van der Waals surface area contributed by atoms with Crippen LogP contribution in [0.3, 0.4) is 0 Å². The van der Waals surface area contributed by atoms with Crippen LogP contribution in [-0.2, 0) is 4.74 Å². The minimum atomic E-state index is -0.529. The second-order valence-corrected chi connectivity index (χ2v) is 6.87. The number of hydrogen-bond acceptors (Lipinski definition) is 6. The number of nitrogen functional groups attached to an aromatic ring is 1. The Bertz CT molecular complexity index is 1290. The summed E-state index contributed by atoms with van der Waals surface area (Å²) < 4.78 is 4.84. The lowest BCUT2D eigenvalue weighted by Crippen LogP contribution is -2.13. The van der Waals surface area contributed by atoms with Gasteiger partial charge in [-0.15, -0.1) is 0 Å². The first kappa shape index (κ1) is 19.9. The Morgan fingerprint density at radius 1 is 0.871 bits per heavy atom. The standard InChI is InChI=1S/C24H20N4O3/c1-31-24(30)18-12-19(27-22-21(25)7-4-10-26-22)14-20(13-18)28-23(29)17-9-8-15-5-2-3-6-16(15)11-17/h2-14H,25H2,1H3,(H,26,27)(H,28,29). The number of hydrogen-bond donors (Lipinski definition) is 3. The molecule has 0 fully saturated rings. The molecule has 4 rings (SSSR count). The van der Waals surface area contributed by atoms with Gasteiger partial charge in [0, 0.05) is 23.1 Å². The van der Waals surface area contributed by atoms with Crippen LogP contribution in [0.4, 0.5) is 22.9 Å². The number of pyridine rings is 1. The van der Waals surface area contributed by atoms with Crippen LogP contribution in [0, 0.1) is 0 Å². The molecule has 3 aromatic carbocycles. The van der Waals surface area contributed by atoms with E-state index in [0.29, 0.717) is 28.4 Å². The highest BCUT2D eigenvalue weighted by Gasteiger charge is 2.13. The Morgan fingerprint density at radius 3 is 2.42 bits per heavy atom. The van der Waals surface area contributed by atoms with Crippen molar-refractivity contribution in [3.63, 3.8) is 0 Å². The molecule has 154 valence electrons. The summed E-state index contributed by atoms with van der Waals surface area (Å²) >= 11 is 0. The second-order valence-electron chi connectivity index (χ2n) is 6.87. The Morgan fingerprint density at radius 2 is 1.65 bits per heavy atom. The summed E-state index contributed by atoms with van der Waals surface area (Å²) in [7, 11) is 1.30. The van der Waals surface area contributed by atoms with E-state index in [1.807, 2.05) is 36.4 Å². The van der Waals surface area contributed by atoms with E-state index in [1.165, 1.54) is 7.11 Å². The van der Waals surface area contributed by atoms with E-state index in [-0.39, 0.29) is 11.5 Å². The molecule has 1 amide bonds. The first-order valence-electron chi connectivity index (χ1n) is 9.54. The maximum Gasteiger partial charge on any atom is 0.337 e. The number of nitrogens with zero attached hydrogens (tertiary/aromatic N) is 1. The van der Waals surface area contributed by atoms with Gasteiger partial charge >= 0.3 is 5.97 Å². The molecule has 0 atom stereocenters. The number of anilines is 4. The van der Waals surface area contributed by atoms with Crippen LogP contribution in [0.5, 0.6) is 0 Å². The van der Waals surface area contributed by atoms with Crippen molar-refractivity contribution >= 4 is 45.5 Å². The highest BCUT2D eigenvalue weighted by atomic mass is 16.5. The molecular weight excluding hydrogens is 392 g/mol. The molecule has 0 aliphatic rings. The molecule has 0 aliphatic carbocycles. The predicted octanol–water partition coefficient (Wildman–Crippen LogP) is 4.60. The summed E-state index contributed by atoms with van der Waals surface area (Å²) in [6.07, 6.45) is 1.60. The van der Waals surface area contributed by atoms with Gasteiger partial charge in [0.1, 0.15) is 0 Å². The number of fused-ring (bicyclic) bond motifs is 1. The van der Waals surface area contributed by atoms with E-state index in [1.54, 1.807) is 42.6 Å². The van der Waals surface area contributed by atoms with E-state index in [4.69, 9.17) is 10.5 Å². The molecule has 4 N–H and O–H groups in total. The zero-order valence-corrected chi connectivity index (χ0v) is 16.8. The monoisotopic (exact) mass is 412 g/mol. The maximum absolute atomic E-state index is 12.9. The number of esters is 1. The molecule has 7 heteroatoms. The average molecular weight is 412 g/mol. The zero-order chi connectivity index (χ0) is 21.8. The molecule has 4 aromatic rings. The van der Waals surface area contributed by atoms with E-state index >= 15 is 0 Å². The molecule has 0 saturated carbocycles. The van der Waals surface area contributed by atoms with Gasteiger partial charge in [-0.3, -0.25) is 4.79 Å². The van der Waals surface area contributed by atoms with Crippen molar-refractivity contribution in [3.05, 3.63) is 90.1 Å². The third-order valence-corrected chi connectivity index (χ3v) is 4.73. The smallest absolute Gasteiger partial charge is 0.337 e. The molecule has 7 nitrogen and oxygen atoms in total. The van der Waals surface area contributed by atoms with Gasteiger partial charge in [0.05, 0.1) is 18.4 Å². The number of nitrogens with two attached hydrogens (primary N) is 1. The van der Waals surface area contributed by atoms with Gasteiger partial charge in [-0.05, 0) is 53.2 Å². The van der Waals surface area contributed by atoms with Crippen LogP contribution in [0.2, 0.25) is 0 Å². The van der Waals surface area contributed by atoms with E-state index in [9.17, 15) is 9.59 Å². The molecule has 0 unspecified atom stereocenters. The van der Waals surface area contributed by atoms with E-state index < -0.39 is 5.97 Å². The highest BCUT2D eigenvalue weighted by Crippen LogP contribution is 2.26. The molecule has 0 radical (unpaired) electrons. The predicted molar refractivity (Wildman–Crippen MR) is 122 cm³/mol. The van der Waals surface area contributed by atoms with Crippen LogP contribution in [0.1, 0.15) is 20.7 Å².